The van der Waals surface area contributed by atoms with Crippen LogP contribution in [0.5, 0.6) is 0 Å². The van der Waals surface area contributed by atoms with Gasteiger partial charge in [-0.05, 0) is 29.2 Å². The molecule has 0 spiro atoms. The molecule has 1 saturated carbocycles. The molecular weight excluding hydrogens is 258 g/mol. The highest BCUT2D eigenvalue weighted by Gasteiger charge is 2.20. The number of hydrogen-bond donors (Lipinski definition) is 1. The molecule has 21 heavy (non-hydrogen) atoms. The maximum Gasteiger partial charge on any atom is 0.0665 e. The van der Waals surface area contributed by atoms with Gasteiger partial charge < -0.3 is 5.32 Å². The van der Waals surface area contributed by atoms with Crippen LogP contribution in [0.25, 0.3) is 10.8 Å². The molecule has 1 heterocycles. The average Bonchev–Trinajstić information content (AvgIpc) is 3.25. The van der Waals surface area contributed by atoms with E-state index >= 15 is 0 Å². The maximum absolute atomic E-state index is 4.49. The summed E-state index contributed by atoms with van der Waals surface area (Å²) in [6, 6.07) is 15.7. The van der Waals surface area contributed by atoms with Crippen molar-refractivity contribution in [1.82, 2.24) is 15.1 Å². The minimum atomic E-state index is 0.742. The summed E-state index contributed by atoms with van der Waals surface area (Å²) in [5.74, 6) is 0. The van der Waals surface area contributed by atoms with Crippen LogP contribution in [0, 0.1) is 0 Å². The zero-order chi connectivity index (χ0) is 14.1. The third kappa shape index (κ3) is 2.83. The van der Waals surface area contributed by atoms with Crippen LogP contribution in [0.4, 0.5) is 0 Å². The summed E-state index contributed by atoms with van der Waals surface area (Å²) >= 11 is 0. The van der Waals surface area contributed by atoms with Crippen LogP contribution in [-0.2, 0) is 13.1 Å². The van der Waals surface area contributed by atoms with Crippen molar-refractivity contribution in [2.45, 2.75) is 32.0 Å². The fraction of sp³-hybridized carbons (Fsp3) is 0.278. The highest BCUT2D eigenvalue weighted by atomic mass is 15.3. The van der Waals surface area contributed by atoms with E-state index in [2.05, 4.69) is 59.1 Å². The lowest BCUT2D eigenvalue weighted by atomic mass is 10.0. The van der Waals surface area contributed by atoms with Crippen LogP contribution < -0.4 is 5.32 Å². The molecule has 0 saturated heterocycles. The van der Waals surface area contributed by atoms with Crippen LogP contribution in [-0.4, -0.2) is 15.8 Å². The first-order valence-corrected chi connectivity index (χ1v) is 7.60. The average molecular weight is 277 g/mol. The van der Waals surface area contributed by atoms with E-state index in [0.29, 0.717) is 0 Å². The number of nitrogens with zero attached hydrogens (tertiary/aromatic N) is 2. The van der Waals surface area contributed by atoms with Gasteiger partial charge >= 0.3 is 0 Å². The van der Waals surface area contributed by atoms with Crippen molar-refractivity contribution < 1.29 is 0 Å². The molecule has 0 radical (unpaired) electrons. The summed E-state index contributed by atoms with van der Waals surface area (Å²) in [5.41, 5.74) is 2.58. The molecule has 2 aromatic carbocycles. The summed E-state index contributed by atoms with van der Waals surface area (Å²) < 4.78 is 2.03. The van der Waals surface area contributed by atoms with Crippen molar-refractivity contribution in [1.29, 1.82) is 0 Å². The van der Waals surface area contributed by atoms with Gasteiger partial charge in [0, 0.05) is 24.3 Å². The summed E-state index contributed by atoms with van der Waals surface area (Å²) in [6.45, 7) is 1.75. The molecule has 0 unspecified atom stereocenters. The number of benzene rings is 2. The van der Waals surface area contributed by atoms with Crippen molar-refractivity contribution in [3.63, 3.8) is 0 Å². The Labute approximate surface area is 124 Å². The monoisotopic (exact) mass is 277 g/mol. The maximum atomic E-state index is 4.49. The molecule has 3 aromatic rings. The van der Waals surface area contributed by atoms with Crippen LogP contribution in [0.15, 0.2) is 54.9 Å². The lowest BCUT2D eigenvalue weighted by Gasteiger charge is -2.06. The predicted molar refractivity (Wildman–Crippen MR) is 85.1 cm³/mol. The fourth-order valence-corrected chi connectivity index (χ4v) is 2.74. The van der Waals surface area contributed by atoms with Gasteiger partial charge in [-0.3, -0.25) is 4.68 Å². The van der Waals surface area contributed by atoms with Gasteiger partial charge in [0.15, 0.2) is 0 Å². The third-order valence-corrected chi connectivity index (χ3v) is 4.07. The van der Waals surface area contributed by atoms with Gasteiger partial charge in [0.25, 0.3) is 0 Å². The number of aromatic nitrogens is 2. The fourth-order valence-electron chi connectivity index (χ4n) is 2.74. The van der Waals surface area contributed by atoms with Crippen LogP contribution in [0.3, 0.4) is 0 Å². The molecule has 3 nitrogen and oxygen atoms in total. The van der Waals surface area contributed by atoms with E-state index in [9.17, 15) is 0 Å². The Kier molecular flexibility index (Phi) is 3.20. The molecule has 1 aliphatic carbocycles. The number of nitrogens with one attached hydrogen (secondary N) is 1. The quantitative estimate of drug-likeness (QED) is 0.775. The molecule has 1 N–H and O–H groups in total. The van der Waals surface area contributed by atoms with E-state index in [0.717, 1.165) is 19.1 Å². The molecule has 1 aromatic heterocycles. The second kappa shape index (κ2) is 5.34. The topological polar surface area (TPSA) is 29.9 Å². The Morgan fingerprint density at radius 3 is 2.86 bits per heavy atom. The molecular formula is C18H19N3. The molecule has 1 fully saturated rings. The molecule has 0 bridgehead atoms. The van der Waals surface area contributed by atoms with Crippen LogP contribution in [0.1, 0.15) is 24.0 Å². The Morgan fingerprint density at radius 2 is 1.95 bits per heavy atom. The second-order valence-corrected chi connectivity index (χ2v) is 5.84. The van der Waals surface area contributed by atoms with E-state index < -0.39 is 0 Å². The number of hydrogen-bond acceptors (Lipinski definition) is 2. The molecule has 0 atom stereocenters. The minimum absolute atomic E-state index is 0.742. The van der Waals surface area contributed by atoms with Gasteiger partial charge in [0.2, 0.25) is 0 Å². The lowest BCUT2D eigenvalue weighted by Crippen LogP contribution is -2.14. The third-order valence-electron chi connectivity index (χ3n) is 4.07. The molecule has 4 rings (SSSR count). The molecule has 0 aliphatic heterocycles. The Bertz CT molecular complexity index is 751. The van der Waals surface area contributed by atoms with E-state index in [1.54, 1.807) is 0 Å². The molecule has 3 heteroatoms. The van der Waals surface area contributed by atoms with Crippen molar-refractivity contribution in [3.05, 3.63) is 66.0 Å². The number of rotatable bonds is 5. The van der Waals surface area contributed by atoms with E-state index in [4.69, 9.17) is 0 Å². The summed E-state index contributed by atoms with van der Waals surface area (Å²) in [6.07, 6.45) is 6.77. The van der Waals surface area contributed by atoms with E-state index in [1.165, 1.54) is 34.7 Å². The molecule has 0 amide bonds. The first-order chi connectivity index (χ1) is 10.4. The smallest absolute Gasteiger partial charge is 0.0665 e. The Morgan fingerprint density at radius 1 is 1.10 bits per heavy atom. The zero-order valence-corrected chi connectivity index (χ0v) is 12.0. The molecule has 106 valence electrons. The highest BCUT2D eigenvalue weighted by Crippen LogP contribution is 2.20. The second-order valence-electron chi connectivity index (χ2n) is 5.84. The highest BCUT2D eigenvalue weighted by molar-refractivity contribution is 5.85. The van der Waals surface area contributed by atoms with E-state index in [1.807, 2.05) is 10.9 Å². The van der Waals surface area contributed by atoms with Gasteiger partial charge in [-0.2, -0.15) is 5.10 Å². The predicted octanol–water partition coefficient (Wildman–Crippen LogP) is 3.34. The zero-order valence-electron chi connectivity index (χ0n) is 12.0. The minimum Gasteiger partial charge on any atom is -0.310 e. The molecule has 1 aliphatic rings. The first kappa shape index (κ1) is 12.6. The van der Waals surface area contributed by atoms with Crippen molar-refractivity contribution >= 4 is 10.8 Å². The van der Waals surface area contributed by atoms with E-state index in [-0.39, 0.29) is 0 Å². The normalized spacial score (nSPS) is 14.7. The first-order valence-electron chi connectivity index (χ1n) is 7.60. The van der Waals surface area contributed by atoms with Gasteiger partial charge in [0.1, 0.15) is 0 Å². The lowest BCUT2D eigenvalue weighted by molar-refractivity contribution is 0.676. The van der Waals surface area contributed by atoms with Crippen molar-refractivity contribution in [3.8, 4) is 0 Å². The van der Waals surface area contributed by atoms with Crippen molar-refractivity contribution in [2.75, 3.05) is 0 Å². The SMILES string of the molecule is c1ccc2c(Cn3cc(CNC4CC4)cn3)cccc2c1. The van der Waals surface area contributed by atoms with Gasteiger partial charge in [-0.15, -0.1) is 0 Å². The largest absolute Gasteiger partial charge is 0.310 e. The summed E-state index contributed by atoms with van der Waals surface area (Å²) in [4.78, 5) is 0. The van der Waals surface area contributed by atoms with Gasteiger partial charge in [0.05, 0.1) is 12.7 Å². The van der Waals surface area contributed by atoms with Crippen LogP contribution >= 0.6 is 0 Å². The number of fused-ring (bicyclic) bond motifs is 1. The van der Waals surface area contributed by atoms with Gasteiger partial charge in [-0.25, -0.2) is 0 Å². The Balaban J connectivity index is 1.53. The van der Waals surface area contributed by atoms with Crippen LogP contribution in [0.2, 0.25) is 0 Å². The summed E-state index contributed by atoms with van der Waals surface area (Å²) in [7, 11) is 0. The van der Waals surface area contributed by atoms with Gasteiger partial charge in [-0.1, -0.05) is 42.5 Å². The standard InChI is InChI=1S/C18H19N3/c1-2-7-18-15(4-1)5-3-6-16(18)13-21-12-14(11-20-21)10-19-17-8-9-17/h1-7,11-12,17,19H,8-10,13H2. The van der Waals surface area contributed by atoms with Crippen molar-refractivity contribution in [2.24, 2.45) is 0 Å². The Hall–Kier alpha value is -2.13. The summed E-state index contributed by atoms with van der Waals surface area (Å²) in [5, 5.41) is 10.6.